The normalized spacial score (nSPS) is 25.9. The monoisotopic (exact) mass is 268 g/mol. The molecule has 19 heavy (non-hydrogen) atoms. The summed E-state index contributed by atoms with van der Waals surface area (Å²) in [5.41, 5.74) is 0. The van der Waals surface area contributed by atoms with Crippen LogP contribution < -0.4 is 0 Å². The summed E-state index contributed by atoms with van der Waals surface area (Å²) in [6, 6.07) is 0.753. The van der Waals surface area contributed by atoms with Gasteiger partial charge < -0.3 is 9.80 Å². The Balaban J connectivity index is 0.000000191. The summed E-state index contributed by atoms with van der Waals surface area (Å²) in [7, 11) is 0. The Morgan fingerprint density at radius 1 is 1.00 bits per heavy atom. The fraction of sp³-hybridized carbons (Fsp3) is 0.938. The number of hydrogen-bond acceptors (Lipinski definition) is 2. The molecular weight excluding hydrogens is 236 g/mol. The minimum absolute atomic E-state index is 0.753. The van der Waals surface area contributed by atoms with Crippen molar-refractivity contribution in [2.24, 2.45) is 11.8 Å². The van der Waals surface area contributed by atoms with Crippen LogP contribution in [0.3, 0.4) is 0 Å². The largest absolute Gasteiger partial charge is 0.345 e. The predicted octanol–water partition coefficient (Wildman–Crippen LogP) is 3.00. The first-order valence-corrected chi connectivity index (χ1v) is 7.96. The Morgan fingerprint density at radius 3 is 2.05 bits per heavy atom. The number of carbonyl (C=O) groups is 1. The Bertz CT molecular complexity index is 247. The highest BCUT2D eigenvalue weighted by Crippen LogP contribution is 2.17. The van der Waals surface area contributed by atoms with Gasteiger partial charge in [-0.1, -0.05) is 13.8 Å². The van der Waals surface area contributed by atoms with Crippen LogP contribution in [0.5, 0.6) is 0 Å². The van der Waals surface area contributed by atoms with Crippen LogP contribution in [0.1, 0.15) is 53.4 Å². The van der Waals surface area contributed by atoms with Crippen molar-refractivity contribution in [1.82, 2.24) is 9.80 Å². The van der Waals surface area contributed by atoms with Crippen molar-refractivity contribution in [3.05, 3.63) is 0 Å². The molecule has 2 fully saturated rings. The summed E-state index contributed by atoms with van der Waals surface area (Å²) in [4.78, 5) is 14.6. The summed E-state index contributed by atoms with van der Waals surface area (Å²) in [5.74, 6) is 1.75. The van der Waals surface area contributed by atoms with E-state index in [-0.39, 0.29) is 0 Å². The second kappa shape index (κ2) is 8.57. The minimum atomic E-state index is 0.753. The van der Waals surface area contributed by atoms with E-state index in [1.165, 1.54) is 38.8 Å². The summed E-state index contributed by atoms with van der Waals surface area (Å²) in [5, 5.41) is 0. The molecule has 1 atom stereocenters. The number of rotatable bonds is 2. The van der Waals surface area contributed by atoms with Gasteiger partial charge in [0.2, 0.25) is 6.41 Å². The molecule has 2 saturated heterocycles. The van der Waals surface area contributed by atoms with Crippen molar-refractivity contribution in [3.63, 3.8) is 0 Å². The first-order valence-electron chi connectivity index (χ1n) is 7.96. The molecule has 0 aromatic carbocycles. The zero-order valence-corrected chi connectivity index (χ0v) is 13.3. The molecule has 0 aliphatic carbocycles. The molecule has 0 radical (unpaired) electrons. The van der Waals surface area contributed by atoms with Crippen LogP contribution in [0.2, 0.25) is 0 Å². The first-order chi connectivity index (χ1) is 9.02. The van der Waals surface area contributed by atoms with E-state index in [0.29, 0.717) is 0 Å². The molecule has 2 heterocycles. The zero-order valence-electron chi connectivity index (χ0n) is 13.3. The molecule has 1 amide bonds. The Hall–Kier alpha value is -0.570. The summed E-state index contributed by atoms with van der Waals surface area (Å²) in [6.07, 6.45) is 6.14. The SMILES string of the molecule is CC(C)N1CCC[C@@H](C)C1.CC1CCN(C=O)CC1. The quantitative estimate of drug-likeness (QED) is 0.719. The van der Waals surface area contributed by atoms with Gasteiger partial charge in [0.25, 0.3) is 0 Å². The van der Waals surface area contributed by atoms with Gasteiger partial charge >= 0.3 is 0 Å². The number of likely N-dealkylation sites (tertiary alicyclic amines) is 2. The maximum atomic E-state index is 10.2. The second-order valence-electron chi connectivity index (χ2n) is 6.66. The third-order valence-corrected chi connectivity index (χ3v) is 4.39. The van der Waals surface area contributed by atoms with Crippen LogP contribution in [-0.4, -0.2) is 48.4 Å². The maximum Gasteiger partial charge on any atom is 0.209 e. The summed E-state index contributed by atoms with van der Waals surface area (Å²) >= 11 is 0. The molecule has 112 valence electrons. The van der Waals surface area contributed by atoms with Crippen LogP contribution in [0.15, 0.2) is 0 Å². The molecule has 0 spiro atoms. The topological polar surface area (TPSA) is 23.6 Å². The highest BCUT2D eigenvalue weighted by atomic mass is 16.1. The van der Waals surface area contributed by atoms with Gasteiger partial charge in [-0.15, -0.1) is 0 Å². The van der Waals surface area contributed by atoms with Gasteiger partial charge in [-0.2, -0.15) is 0 Å². The average Bonchev–Trinajstić information content (AvgIpc) is 2.40. The Labute approximate surface area is 119 Å². The predicted molar refractivity (Wildman–Crippen MR) is 81.1 cm³/mol. The second-order valence-corrected chi connectivity index (χ2v) is 6.66. The number of hydrogen-bond donors (Lipinski definition) is 0. The molecule has 2 aliphatic rings. The lowest BCUT2D eigenvalue weighted by Gasteiger charge is -2.33. The van der Waals surface area contributed by atoms with E-state index in [2.05, 4.69) is 32.6 Å². The van der Waals surface area contributed by atoms with Crippen LogP contribution >= 0.6 is 0 Å². The standard InChI is InChI=1S/C9H19N.C7H13NO/c1-8(2)10-6-4-5-9(3)7-10;1-7-2-4-8(6-9)5-3-7/h8-9H,4-7H2,1-3H3;6-7H,2-5H2,1H3/t9-;/m1./s1. The van der Waals surface area contributed by atoms with Gasteiger partial charge in [0.05, 0.1) is 0 Å². The van der Waals surface area contributed by atoms with Crippen molar-refractivity contribution >= 4 is 6.41 Å². The maximum absolute atomic E-state index is 10.2. The van der Waals surface area contributed by atoms with Crippen molar-refractivity contribution < 1.29 is 4.79 Å². The Morgan fingerprint density at radius 2 is 1.63 bits per heavy atom. The van der Waals surface area contributed by atoms with E-state index in [1.54, 1.807) is 0 Å². The van der Waals surface area contributed by atoms with Gasteiger partial charge in [0.1, 0.15) is 0 Å². The molecule has 0 N–H and O–H groups in total. The molecule has 3 heteroatoms. The van der Waals surface area contributed by atoms with Crippen molar-refractivity contribution in [2.75, 3.05) is 26.2 Å². The van der Waals surface area contributed by atoms with E-state index >= 15 is 0 Å². The lowest BCUT2D eigenvalue weighted by atomic mass is 9.99. The lowest BCUT2D eigenvalue weighted by molar-refractivity contribution is -0.119. The van der Waals surface area contributed by atoms with Gasteiger partial charge in [-0.3, -0.25) is 4.79 Å². The molecular formula is C16H32N2O. The van der Waals surface area contributed by atoms with Gasteiger partial charge in [0.15, 0.2) is 0 Å². The molecule has 0 saturated carbocycles. The zero-order chi connectivity index (χ0) is 14.3. The third-order valence-electron chi connectivity index (χ3n) is 4.39. The fourth-order valence-corrected chi connectivity index (χ4v) is 2.83. The Kier molecular flexibility index (Phi) is 7.44. The number of amides is 1. The lowest BCUT2D eigenvalue weighted by Crippen LogP contribution is -2.38. The average molecular weight is 268 g/mol. The smallest absolute Gasteiger partial charge is 0.209 e. The summed E-state index contributed by atoms with van der Waals surface area (Å²) < 4.78 is 0. The van der Waals surface area contributed by atoms with E-state index < -0.39 is 0 Å². The molecule has 0 aromatic heterocycles. The minimum Gasteiger partial charge on any atom is -0.345 e. The number of nitrogens with zero attached hydrogens (tertiary/aromatic N) is 2. The van der Waals surface area contributed by atoms with Crippen LogP contribution in [0.4, 0.5) is 0 Å². The van der Waals surface area contributed by atoms with E-state index in [4.69, 9.17) is 0 Å². The van der Waals surface area contributed by atoms with E-state index in [1.807, 2.05) is 4.90 Å². The van der Waals surface area contributed by atoms with E-state index in [9.17, 15) is 4.79 Å². The van der Waals surface area contributed by atoms with Crippen molar-refractivity contribution in [2.45, 2.75) is 59.4 Å². The highest BCUT2D eigenvalue weighted by Gasteiger charge is 2.17. The highest BCUT2D eigenvalue weighted by molar-refractivity contribution is 5.46. The number of piperidine rings is 2. The van der Waals surface area contributed by atoms with Crippen molar-refractivity contribution in [1.29, 1.82) is 0 Å². The van der Waals surface area contributed by atoms with E-state index in [0.717, 1.165) is 37.4 Å². The van der Waals surface area contributed by atoms with Crippen LogP contribution in [0.25, 0.3) is 0 Å². The molecule has 3 nitrogen and oxygen atoms in total. The molecule has 0 bridgehead atoms. The first kappa shape index (κ1) is 16.5. The van der Waals surface area contributed by atoms with Gasteiger partial charge in [-0.05, 0) is 57.9 Å². The molecule has 2 rings (SSSR count). The molecule has 2 aliphatic heterocycles. The van der Waals surface area contributed by atoms with Crippen LogP contribution in [0, 0.1) is 11.8 Å². The molecule has 0 unspecified atom stereocenters. The van der Waals surface area contributed by atoms with Crippen LogP contribution in [-0.2, 0) is 4.79 Å². The van der Waals surface area contributed by atoms with Gasteiger partial charge in [-0.25, -0.2) is 0 Å². The van der Waals surface area contributed by atoms with Gasteiger partial charge in [0, 0.05) is 25.7 Å². The number of carbonyl (C=O) groups excluding carboxylic acids is 1. The third kappa shape index (κ3) is 6.42. The molecule has 0 aromatic rings. The van der Waals surface area contributed by atoms with Crippen molar-refractivity contribution in [3.8, 4) is 0 Å². The summed E-state index contributed by atoms with van der Waals surface area (Å²) in [6.45, 7) is 13.7. The fourth-order valence-electron chi connectivity index (χ4n) is 2.83.